The van der Waals surface area contributed by atoms with Crippen molar-refractivity contribution in [2.75, 3.05) is 13.2 Å². The highest BCUT2D eigenvalue weighted by Crippen LogP contribution is 2.13. The first-order valence-corrected chi connectivity index (χ1v) is 6.07. The van der Waals surface area contributed by atoms with Gasteiger partial charge in [-0.05, 0) is 25.8 Å². The van der Waals surface area contributed by atoms with E-state index in [1.807, 2.05) is 39.0 Å². The molecule has 0 aliphatic heterocycles. The van der Waals surface area contributed by atoms with Crippen LogP contribution in [-0.2, 0) is 9.53 Å². The number of hydrogen-bond acceptors (Lipinski definition) is 2. The predicted molar refractivity (Wildman–Crippen MR) is 68.8 cm³/mol. The van der Waals surface area contributed by atoms with Gasteiger partial charge in [-0.1, -0.05) is 36.8 Å². The molecule has 0 bridgehead atoms. The van der Waals surface area contributed by atoms with Crippen LogP contribution in [0.2, 0.25) is 0 Å². The second kappa shape index (κ2) is 7.07. The summed E-state index contributed by atoms with van der Waals surface area (Å²) < 4.78 is 5.19. The zero-order chi connectivity index (χ0) is 12.7. The van der Waals surface area contributed by atoms with Crippen LogP contribution in [0.5, 0.6) is 0 Å². The molecule has 1 amide bonds. The molecule has 0 saturated heterocycles. The largest absolute Gasteiger partial charge is 0.372 e. The Kier molecular flexibility index (Phi) is 5.70. The average Bonchev–Trinajstić information content (AvgIpc) is 2.29. The molecule has 3 nitrogen and oxygen atoms in total. The lowest BCUT2D eigenvalue weighted by atomic mass is 10.1. The smallest absolute Gasteiger partial charge is 0.246 e. The maximum atomic E-state index is 11.6. The fourth-order valence-corrected chi connectivity index (χ4v) is 1.62. The van der Waals surface area contributed by atoms with Crippen molar-refractivity contribution in [1.82, 2.24) is 5.32 Å². The van der Waals surface area contributed by atoms with Crippen LogP contribution in [0.15, 0.2) is 24.3 Å². The van der Waals surface area contributed by atoms with Gasteiger partial charge >= 0.3 is 0 Å². The zero-order valence-electron chi connectivity index (χ0n) is 10.8. The fraction of sp³-hybridized carbons (Fsp3) is 0.500. The van der Waals surface area contributed by atoms with Gasteiger partial charge < -0.3 is 10.1 Å². The Labute approximate surface area is 103 Å². The summed E-state index contributed by atoms with van der Waals surface area (Å²) in [6.07, 6.45) is 0.931. The Hall–Kier alpha value is -1.35. The van der Waals surface area contributed by atoms with Crippen LogP contribution in [0.4, 0.5) is 0 Å². The lowest BCUT2D eigenvalue weighted by Crippen LogP contribution is -2.30. The van der Waals surface area contributed by atoms with Gasteiger partial charge in [-0.25, -0.2) is 0 Å². The van der Waals surface area contributed by atoms with Crippen molar-refractivity contribution in [2.45, 2.75) is 33.2 Å². The van der Waals surface area contributed by atoms with Gasteiger partial charge in [0, 0.05) is 6.61 Å². The Balaban J connectivity index is 2.43. The zero-order valence-corrected chi connectivity index (χ0v) is 10.8. The Bertz CT molecular complexity index is 363. The van der Waals surface area contributed by atoms with Gasteiger partial charge in [0.05, 0.1) is 6.04 Å². The maximum absolute atomic E-state index is 11.6. The van der Waals surface area contributed by atoms with Crippen LogP contribution in [0, 0.1) is 6.92 Å². The van der Waals surface area contributed by atoms with Crippen molar-refractivity contribution in [3.05, 3.63) is 35.4 Å². The minimum absolute atomic E-state index is 0.0210. The summed E-state index contributed by atoms with van der Waals surface area (Å²) in [4.78, 5) is 11.6. The molecule has 0 radical (unpaired) electrons. The summed E-state index contributed by atoms with van der Waals surface area (Å²) in [6, 6.07) is 8.17. The highest BCUT2D eigenvalue weighted by atomic mass is 16.5. The van der Waals surface area contributed by atoms with Crippen LogP contribution in [0.25, 0.3) is 0 Å². The molecular weight excluding hydrogens is 214 g/mol. The van der Waals surface area contributed by atoms with Gasteiger partial charge in [0.25, 0.3) is 0 Å². The number of amides is 1. The number of rotatable bonds is 6. The molecule has 1 aromatic carbocycles. The Morgan fingerprint density at radius 1 is 1.47 bits per heavy atom. The molecule has 0 saturated carbocycles. The van der Waals surface area contributed by atoms with E-state index in [9.17, 15) is 4.79 Å². The molecule has 17 heavy (non-hydrogen) atoms. The van der Waals surface area contributed by atoms with Crippen molar-refractivity contribution in [3.8, 4) is 0 Å². The van der Waals surface area contributed by atoms with E-state index in [2.05, 4.69) is 11.4 Å². The van der Waals surface area contributed by atoms with Crippen molar-refractivity contribution >= 4 is 5.91 Å². The number of benzene rings is 1. The summed E-state index contributed by atoms with van der Waals surface area (Å²) in [5.41, 5.74) is 2.32. The van der Waals surface area contributed by atoms with Gasteiger partial charge in [-0.2, -0.15) is 0 Å². The molecule has 0 aliphatic carbocycles. The second-order valence-corrected chi connectivity index (χ2v) is 4.26. The molecule has 0 spiro atoms. The number of aryl methyl sites for hydroxylation is 1. The van der Waals surface area contributed by atoms with E-state index in [0.717, 1.165) is 12.0 Å². The number of nitrogens with one attached hydrogen (secondary N) is 1. The second-order valence-electron chi connectivity index (χ2n) is 4.26. The normalized spacial score (nSPS) is 12.2. The van der Waals surface area contributed by atoms with E-state index in [1.54, 1.807) is 0 Å². The summed E-state index contributed by atoms with van der Waals surface area (Å²) in [6.45, 7) is 6.82. The summed E-state index contributed by atoms with van der Waals surface area (Å²) in [7, 11) is 0. The maximum Gasteiger partial charge on any atom is 0.246 e. The monoisotopic (exact) mass is 235 g/mol. The first kappa shape index (κ1) is 13.7. The molecule has 1 rings (SSSR count). The molecule has 0 fully saturated rings. The van der Waals surface area contributed by atoms with Crippen molar-refractivity contribution in [1.29, 1.82) is 0 Å². The molecular formula is C14H21NO2. The molecule has 3 heteroatoms. The molecule has 0 heterocycles. The quantitative estimate of drug-likeness (QED) is 0.770. The first-order chi connectivity index (χ1) is 8.13. The predicted octanol–water partition coefficient (Wildman–Crippen LogP) is 2.60. The SMILES string of the molecule is CCCOCC(=O)N[C@@H](C)c1cccc(C)c1. The Morgan fingerprint density at radius 2 is 2.24 bits per heavy atom. The highest BCUT2D eigenvalue weighted by Gasteiger charge is 2.09. The number of hydrogen-bond donors (Lipinski definition) is 1. The van der Waals surface area contributed by atoms with Crippen molar-refractivity contribution < 1.29 is 9.53 Å². The third-order valence-corrected chi connectivity index (χ3v) is 2.50. The topological polar surface area (TPSA) is 38.3 Å². The molecule has 1 N–H and O–H groups in total. The molecule has 0 unspecified atom stereocenters. The van der Waals surface area contributed by atoms with Crippen LogP contribution < -0.4 is 5.32 Å². The average molecular weight is 235 g/mol. The van der Waals surface area contributed by atoms with E-state index in [-0.39, 0.29) is 18.6 Å². The van der Waals surface area contributed by atoms with Crippen LogP contribution in [0.1, 0.15) is 37.4 Å². The van der Waals surface area contributed by atoms with Gasteiger partial charge in [0.2, 0.25) is 5.91 Å². The third kappa shape index (κ3) is 5.00. The lowest BCUT2D eigenvalue weighted by molar-refractivity contribution is -0.126. The van der Waals surface area contributed by atoms with Crippen LogP contribution in [0.3, 0.4) is 0 Å². The number of carbonyl (C=O) groups excluding carboxylic acids is 1. The molecule has 94 valence electrons. The highest BCUT2D eigenvalue weighted by molar-refractivity contribution is 5.77. The molecule has 0 aromatic heterocycles. The Morgan fingerprint density at radius 3 is 2.88 bits per heavy atom. The number of ether oxygens (including phenoxy) is 1. The summed E-state index contributed by atoms with van der Waals surface area (Å²) in [5, 5.41) is 2.92. The minimum Gasteiger partial charge on any atom is -0.372 e. The molecule has 1 aromatic rings. The summed E-state index contributed by atoms with van der Waals surface area (Å²) >= 11 is 0. The summed E-state index contributed by atoms with van der Waals surface area (Å²) in [5.74, 6) is -0.0625. The van der Waals surface area contributed by atoms with Crippen molar-refractivity contribution in [2.24, 2.45) is 0 Å². The molecule has 0 aliphatic rings. The van der Waals surface area contributed by atoms with Crippen LogP contribution in [-0.4, -0.2) is 19.1 Å². The van der Waals surface area contributed by atoms with Gasteiger partial charge in [-0.15, -0.1) is 0 Å². The van der Waals surface area contributed by atoms with Gasteiger partial charge in [0.15, 0.2) is 0 Å². The number of carbonyl (C=O) groups is 1. The molecule has 1 atom stereocenters. The minimum atomic E-state index is -0.0625. The van der Waals surface area contributed by atoms with E-state index >= 15 is 0 Å². The van der Waals surface area contributed by atoms with Gasteiger partial charge in [-0.3, -0.25) is 4.79 Å². The van der Waals surface area contributed by atoms with E-state index in [0.29, 0.717) is 6.61 Å². The first-order valence-electron chi connectivity index (χ1n) is 6.07. The van der Waals surface area contributed by atoms with E-state index in [1.165, 1.54) is 5.56 Å². The van der Waals surface area contributed by atoms with E-state index < -0.39 is 0 Å². The third-order valence-electron chi connectivity index (χ3n) is 2.50. The lowest BCUT2D eigenvalue weighted by Gasteiger charge is -2.14. The van der Waals surface area contributed by atoms with E-state index in [4.69, 9.17) is 4.74 Å². The van der Waals surface area contributed by atoms with Crippen molar-refractivity contribution in [3.63, 3.8) is 0 Å². The fourth-order valence-electron chi connectivity index (χ4n) is 1.62. The standard InChI is InChI=1S/C14H21NO2/c1-4-8-17-10-14(16)15-12(3)13-7-5-6-11(2)9-13/h5-7,9,12H,4,8,10H2,1-3H3,(H,15,16)/t12-/m0/s1. The van der Waals surface area contributed by atoms with Gasteiger partial charge in [0.1, 0.15) is 6.61 Å². The van der Waals surface area contributed by atoms with Crippen LogP contribution >= 0.6 is 0 Å².